The number of likely N-dealkylation sites (tertiary alicyclic amines) is 1. The van der Waals surface area contributed by atoms with E-state index in [0.717, 1.165) is 31.8 Å². The normalized spacial score (nSPS) is 27.1. The summed E-state index contributed by atoms with van der Waals surface area (Å²) in [6.07, 6.45) is 6.21. The van der Waals surface area contributed by atoms with Gasteiger partial charge in [0, 0.05) is 31.2 Å². The van der Waals surface area contributed by atoms with Gasteiger partial charge in [0.1, 0.15) is 0 Å². The van der Waals surface area contributed by atoms with Crippen LogP contribution < -0.4 is 5.32 Å². The van der Waals surface area contributed by atoms with Crippen molar-refractivity contribution < 1.29 is 14.6 Å². The van der Waals surface area contributed by atoms with Crippen LogP contribution in [0.25, 0.3) is 0 Å². The highest BCUT2D eigenvalue weighted by Crippen LogP contribution is 2.59. The number of fused-ring (bicyclic) bond motifs is 1. The van der Waals surface area contributed by atoms with Crippen molar-refractivity contribution in [1.29, 1.82) is 0 Å². The molecular formula is C25H36N2O3. The Morgan fingerprint density at radius 1 is 1.27 bits per heavy atom. The molecule has 2 N–H and O–H groups in total. The molecule has 0 spiro atoms. The molecule has 0 aromatic heterocycles. The van der Waals surface area contributed by atoms with Crippen LogP contribution in [0.2, 0.25) is 0 Å². The summed E-state index contributed by atoms with van der Waals surface area (Å²) >= 11 is 0. The number of hydrogen-bond donors (Lipinski definition) is 2. The van der Waals surface area contributed by atoms with E-state index >= 15 is 0 Å². The van der Waals surface area contributed by atoms with Crippen molar-refractivity contribution >= 4 is 5.91 Å². The van der Waals surface area contributed by atoms with Gasteiger partial charge in [0.25, 0.3) is 5.91 Å². The molecule has 5 rings (SSSR count). The number of aliphatic hydroxyl groups is 1. The van der Waals surface area contributed by atoms with Crippen LogP contribution >= 0.6 is 0 Å². The summed E-state index contributed by atoms with van der Waals surface area (Å²) in [4.78, 5) is 14.6. The Balaban J connectivity index is 1.12. The summed E-state index contributed by atoms with van der Waals surface area (Å²) in [6.45, 7) is 8.21. The number of carbonyl (C=O) groups is 1. The maximum absolute atomic E-state index is 12.3. The molecule has 2 bridgehead atoms. The summed E-state index contributed by atoms with van der Waals surface area (Å²) in [5, 5.41) is 13.5. The molecule has 4 aliphatic rings. The molecule has 1 amide bonds. The molecular weight excluding hydrogens is 376 g/mol. The number of aliphatic hydroxyl groups excluding tert-OH is 1. The number of nitrogens with zero attached hydrogens (tertiary/aromatic N) is 1. The number of ether oxygens (including phenoxy) is 1. The Morgan fingerprint density at radius 2 is 2.00 bits per heavy atom. The first-order chi connectivity index (χ1) is 14.4. The second-order valence-corrected chi connectivity index (χ2v) is 9.90. The van der Waals surface area contributed by atoms with Gasteiger partial charge in [-0.2, -0.15) is 0 Å². The van der Waals surface area contributed by atoms with Crippen LogP contribution in [0.3, 0.4) is 0 Å². The van der Waals surface area contributed by atoms with Crippen LogP contribution in [-0.2, 0) is 4.74 Å². The van der Waals surface area contributed by atoms with Crippen molar-refractivity contribution in [3.8, 4) is 0 Å². The van der Waals surface area contributed by atoms with Crippen molar-refractivity contribution in [1.82, 2.24) is 10.2 Å². The van der Waals surface area contributed by atoms with Gasteiger partial charge in [-0.05, 0) is 60.6 Å². The number of amides is 1. The van der Waals surface area contributed by atoms with E-state index in [1.807, 2.05) is 30.3 Å². The quantitative estimate of drug-likeness (QED) is 0.644. The summed E-state index contributed by atoms with van der Waals surface area (Å²) < 4.78 is 5.89. The fourth-order valence-corrected chi connectivity index (χ4v) is 5.42. The van der Waals surface area contributed by atoms with E-state index in [-0.39, 0.29) is 11.9 Å². The summed E-state index contributed by atoms with van der Waals surface area (Å²) in [7, 11) is 0. The fourth-order valence-electron chi connectivity index (χ4n) is 5.42. The van der Waals surface area contributed by atoms with Crippen LogP contribution in [0.15, 0.2) is 42.0 Å². The highest BCUT2D eigenvalue weighted by molar-refractivity contribution is 5.94. The van der Waals surface area contributed by atoms with Crippen molar-refractivity contribution in [2.24, 2.45) is 17.3 Å². The molecule has 1 heterocycles. The van der Waals surface area contributed by atoms with E-state index in [0.29, 0.717) is 36.7 Å². The van der Waals surface area contributed by atoms with Gasteiger partial charge in [0.05, 0.1) is 19.3 Å². The third-order valence-electron chi connectivity index (χ3n) is 7.59. The Hall–Kier alpha value is -1.69. The predicted octanol–water partition coefficient (Wildman–Crippen LogP) is 3.25. The number of allylic oxidation sites excluding steroid dienone is 1. The molecule has 5 heteroatoms. The standard InChI is InChI=1S/C25H36N2O3/c1-25(2)20-9-8-19(23(25)14-20)16-30-17-22(28)15-27-12-10-21(11-13-27)26-24(29)18-6-4-3-5-7-18/h3-8,20-23,28H,9-17H2,1-2H3,(H,26,29). The Bertz CT molecular complexity index is 753. The van der Waals surface area contributed by atoms with E-state index in [2.05, 4.69) is 30.1 Å². The third kappa shape index (κ3) is 4.79. The van der Waals surface area contributed by atoms with E-state index < -0.39 is 6.10 Å². The number of nitrogens with one attached hydrogen (secondary N) is 1. The van der Waals surface area contributed by atoms with Gasteiger partial charge in [0.2, 0.25) is 0 Å². The first-order valence-electron chi connectivity index (χ1n) is 11.5. The number of β-amino-alcohol motifs (C(OH)–C–C–N with tert-alkyl or cyclic N) is 1. The second-order valence-electron chi connectivity index (χ2n) is 9.90. The first-order valence-corrected chi connectivity index (χ1v) is 11.5. The maximum atomic E-state index is 12.3. The second kappa shape index (κ2) is 9.21. The zero-order valence-electron chi connectivity index (χ0n) is 18.3. The van der Waals surface area contributed by atoms with Gasteiger partial charge in [-0.1, -0.05) is 38.1 Å². The van der Waals surface area contributed by atoms with E-state index in [9.17, 15) is 9.90 Å². The van der Waals surface area contributed by atoms with Gasteiger partial charge in [-0.3, -0.25) is 4.79 Å². The third-order valence-corrected chi connectivity index (χ3v) is 7.59. The average molecular weight is 413 g/mol. The molecule has 1 aliphatic heterocycles. The molecule has 1 saturated carbocycles. The number of benzene rings is 1. The van der Waals surface area contributed by atoms with Crippen molar-refractivity contribution in [3.05, 3.63) is 47.5 Å². The molecule has 5 nitrogen and oxygen atoms in total. The predicted molar refractivity (Wildman–Crippen MR) is 118 cm³/mol. The van der Waals surface area contributed by atoms with Crippen LogP contribution in [0.1, 0.15) is 49.9 Å². The molecule has 2 fully saturated rings. The van der Waals surface area contributed by atoms with Gasteiger partial charge in [0.15, 0.2) is 0 Å². The Morgan fingerprint density at radius 3 is 2.67 bits per heavy atom. The Kier molecular flexibility index (Phi) is 6.61. The fraction of sp³-hybridized carbons (Fsp3) is 0.640. The van der Waals surface area contributed by atoms with E-state index in [4.69, 9.17) is 4.74 Å². The van der Waals surface area contributed by atoms with Gasteiger partial charge in [-0.25, -0.2) is 0 Å². The van der Waals surface area contributed by atoms with Gasteiger partial charge < -0.3 is 20.1 Å². The van der Waals surface area contributed by atoms with Crippen LogP contribution in [0.4, 0.5) is 0 Å². The molecule has 1 aromatic carbocycles. The maximum Gasteiger partial charge on any atom is 0.251 e. The molecule has 0 radical (unpaired) electrons. The summed E-state index contributed by atoms with van der Waals surface area (Å²) in [5.74, 6) is 1.51. The molecule has 3 atom stereocenters. The number of carbonyl (C=O) groups excluding carboxylic acids is 1. The van der Waals surface area contributed by atoms with Crippen LogP contribution in [0.5, 0.6) is 0 Å². The SMILES string of the molecule is CC1(C)C2CC=C(COCC(O)CN3CCC(NC(=O)c4ccccc4)CC3)C1C2. The van der Waals surface area contributed by atoms with Crippen molar-refractivity contribution in [2.45, 2.75) is 51.7 Å². The average Bonchev–Trinajstić information content (AvgIpc) is 2.75. The lowest BCUT2D eigenvalue weighted by Gasteiger charge is -2.56. The number of hydrogen-bond acceptors (Lipinski definition) is 4. The van der Waals surface area contributed by atoms with Gasteiger partial charge in [-0.15, -0.1) is 0 Å². The monoisotopic (exact) mass is 412 g/mol. The smallest absolute Gasteiger partial charge is 0.251 e. The molecule has 164 valence electrons. The first kappa shape index (κ1) is 21.5. The lowest BCUT2D eigenvalue weighted by molar-refractivity contribution is -0.0268. The highest BCUT2D eigenvalue weighted by Gasteiger charge is 2.50. The molecule has 3 aliphatic carbocycles. The van der Waals surface area contributed by atoms with Crippen molar-refractivity contribution in [2.75, 3.05) is 32.8 Å². The lowest BCUT2D eigenvalue weighted by Crippen LogP contribution is -2.49. The van der Waals surface area contributed by atoms with E-state index in [1.165, 1.54) is 18.4 Å². The highest BCUT2D eigenvalue weighted by atomic mass is 16.5. The summed E-state index contributed by atoms with van der Waals surface area (Å²) in [5.41, 5.74) is 2.57. The zero-order chi connectivity index (χ0) is 21.1. The topological polar surface area (TPSA) is 61.8 Å². The minimum atomic E-state index is -0.466. The Labute approximate surface area is 180 Å². The van der Waals surface area contributed by atoms with Crippen LogP contribution in [0, 0.1) is 17.3 Å². The molecule has 1 aromatic rings. The molecule has 3 unspecified atom stereocenters. The van der Waals surface area contributed by atoms with Gasteiger partial charge >= 0.3 is 0 Å². The minimum absolute atomic E-state index is 0.000429. The largest absolute Gasteiger partial charge is 0.389 e. The molecule has 30 heavy (non-hydrogen) atoms. The number of piperidine rings is 1. The summed E-state index contributed by atoms with van der Waals surface area (Å²) in [6, 6.07) is 9.57. The minimum Gasteiger partial charge on any atom is -0.389 e. The zero-order valence-corrected chi connectivity index (χ0v) is 18.3. The number of rotatable bonds is 8. The van der Waals surface area contributed by atoms with Crippen LogP contribution in [-0.4, -0.2) is 60.9 Å². The van der Waals surface area contributed by atoms with E-state index in [1.54, 1.807) is 0 Å². The lowest BCUT2D eigenvalue weighted by atomic mass is 9.49. The van der Waals surface area contributed by atoms with Crippen molar-refractivity contribution in [3.63, 3.8) is 0 Å². The molecule has 1 saturated heterocycles.